The van der Waals surface area contributed by atoms with Gasteiger partial charge in [-0.1, -0.05) is 12.0 Å². The molecule has 0 unspecified atom stereocenters. The van der Waals surface area contributed by atoms with E-state index < -0.39 is 0 Å². The number of terminal acetylenes is 1. The molecule has 0 fully saturated rings. The van der Waals surface area contributed by atoms with Crippen LogP contribution in [0.5, 0.6) is 0 Å². The highest BCUT2D eigenvalue weighted by Gasteiger charge is 2.17. The van der Waals surface area contributed by atoms with Crippen molar-refractivity contribution in [2.75, 3.05) is 24.4 Å². The molecule has 1 aromatic rings. The van der Waals surface area contributed by atoms with E-state index >= 15 is 0 Å². The Kier molecular flexibility index (Phi) is 5.22. The molecule has 0 saturated heterocycles. The van der Waals surface area contributed by atoms with Crippen molar-refractivity contribution in [1.29, 1.82) is 0 Å². The van der Waals surface area contributed by atoms with Crippen LogP contribution in [0.2, 0.25) is 0 Å². The van der Waals surface area contributed by atoms with Crippen LogP contribution in [0.3, 0.4) is 0 Å². The normalized spacial score (nSPS) is 9.39. The fourth-order valence-electron chi connectivity index (χ4n) is 1.38. The molecule has 18 heavy (non-hydrogen) atoms. The molecule has 0 radical (unpaired) electrons. The molecule has 2 amide bonds. The number of hydrogen-bond donors (Lipinski definition) is 1. The second-order valence-electron chi connectivity index (χ2n) is 3.48. The number of nitrogens with one attached hydrogen (secondary N) is 1. The molecule has 0 aliphatic carbocycles. The van der Waals surface area contributed by atoms with Crippen LogP contribution in [0.4, 0.5) is 5.69 Å². The Labute approximate surface area is 111 Å². The lowest BCUT2D eigenvalue weighted by atomic mass is 10.2. The zero-order valence-corrected chi connectivity index (χ0v) is 10.7. The van der Waals surface area contributed by atoms with Crippen LogP contribution in [-0.4, -0.2) is 31.3 Å². The fraction of sp³-hybridized carbons (Fsp3) is 0.231. The Morgan fingerprint density at radius 2 is 2.22 bits per heavy atom. The van der Waals surface area contributed by atoms with E-state index in [1.54, 1.807) is 24.3 Å². The summed E-state index contributed by atoms with van der Waals surface area (Å²) >= 11 is 5.53. The largest absolute Gasteiger partial charge is 0.358 e. The van der Waals surface area contributed by atoms with E-state index in [1.165, 1.54) is 11.9 Å². The summed E-state index contributed by atoms with van der Waals surface area (Å²) in [6.45, 7) is -0.0872. The number of hydrogen-bond acceptors (Lipinski definition) is 2. The van der Waals surface area contributed by atoms with Gasteiger partial charge in [-0.15, -0.1) is 18.0 Å². The topological polar surface area (TPSA) is 49.4 Å². The van der Waals surface area contributed by atoms with Gasteiger partial charge in [0.2, 0.25) is 11.8 Å². The third kappa shape index (κ3) is 3.51. The van der Waals surface area contributed by atoms with Crippen LogP contribution < -0.4 is 10.2 Å². The Balaban J connectivity index is 3.05. The molecule has 0 bridgehead atoms. The summed E-state index contributed by atoms with van der Waals surface area (Å²) in [5.74, 6) is 1.65. The van der Waals surface area contributed by atoms with Gasteiger partial charge in [0.05, 0.1) is 0 Å². The maximum atomic E-state index is 11.7. The molecule has 0 aliphatic heterocycles. The molecule has 94 valence electrons. The van der Waals surface area contributed by atoms with E-state index in [-0.39, 0.29) is 24.2 Å². The Morgan fingerprint density at radius 1 is 1.50 bits per heavy atom. The van der Waals surface area contributed by atoms with Crippen LogP contribution in [0.25, 0.3) is 0 Å². The van der Waals surface area contributed by atoms with Crippen molar-refractivity contribution in [2.45, 2.75) is 0 Å². The van der Waals surface area contributed by atoms with Crippen molar-refractivity contribution >= 4 is 29.1 Å². The lowest BCUT2D eigenvalue weighted by Gasteiger charge is -2.21. The van der Waals surface area contributed by atoms with Crippen molar-refractivity contribution in [1.82, 2.24) is 5.32 Å². The first-order valence-corrected chi connectivity index (χ1v) is 5.79. The van der Waals surface area contributed by atoms with Crippen molar-refractivity contribution in [3.05, 3.63) is 29.8 Å². The molecule has 5 heteroatoms. The molecule has 1 rings (SSSR count). The molecule has 0 spiro atoms. The van der Waals surface area contributed by atoms with E-state index in [9.17, 15) is 9.59 Å². The zero-order chi connectivity index (χ0) is 13.5. The predicted octanol–water partition coefficient (Wildman–Crippen LogP) is 0.986. The summed E-state index contributed by atoms with van der Waals surface area (Å²) in [5.41, 5.74) is 1.19. The maximum Gasteiger partial charge on any atom is 0.242 e. The molecule has 0 saturated carbocycles. The first-order chi connectivity index (χ1) is 8.62. The van der Waals surface area contributed by atoms with E-state index in [1.807, 2.05) is 0 Å². The van der Waals surface area contributed by atoms with Gasteiger partial charge < -0.3 is 10.2 Å². The number of rotatable bonds is 4. The van der Waals surface area contributed by atoms with Crippen molar-refractivity contribution in [3.63, 3.8) is 0 Å². The summed E-state index contributed by atoms with van der Waals surface area (Å²) in [7, 11) is 1.50. The van der Waals surface area contributed by atoms with Gasteiger partial charge in [0.1, 0.15) is 12.4 Å². The average Bonchev–Trinajstić information content (AvgIpc) is 2.43. The van der Waals surface area contributed by atoms with E-state index in [2.05, 4.69) is 11.2 Å². The molecule has 0 aromatic heterocycles. The van der Waals surface area contributed by atoms with Crippen molar-refractivity contribution in [3.8, 4) is 12.3 Å². The van der Waals surface area contributed by atoms with E-state index in [0.29, 0.717) is 11.3 Å². The van der Waals surface area contributed by atoms with Gasteiger partial charge in [-0.3, -0.25) is 9.59 Å². The van der Waals surface area contributed by atoms with Gasteiger partial charge in [-0.05, 0) is 18.2 Å². The number of carbonyl (C=O) groups excluding carboxylic acids is 2. The van der Waals surface area contributed by atoms with Crippen LogP contribution in [0.15, 0.2) is 24.3 Å². The van der Waals surface area contributed by atoms with Gasteiger partial charge in [0.15, 0.2) is 0 Å². The average molecular weight is 265 g/mol. The summed E-state index contributed by atoms with van der Waals surface area (Å²) in [6, 6.07) is 6.83. The predicted molar refractivity (Wildman–Crippen MR) is 71.5 cm³/mol. The molecule has 1 N–H and O–H groups in total. The number of likely N-dealkylation sites (N-methyl/N-ethyl adjacent to an activating group) is 1. The highest BCUT2D eigenvalue weighted by atomic mass is 35.5. The molecular formula is C13H13ClN2O2. The molecule has 0 atom stereocenters. The quantitative estimate of drug-likeness (QED) is 0.651. The summed E-state index contributed by atoms with van der Waals surface area (Å²) in [5, 5.41) is 2.46. The Bertz CT molecular complexity index is 494. The van der Waals surface area contributed by atoms with Crippen LogP contribution in [-0.2, 0) is 9.59 Å². The first kappa shape index (κ1) is 14.1. The monoisotopic (exact) mass is 264 g/mol. The first-order valence-electron chi connectivity index (χ1n) is 5.26. The van der Waals surface area contributed by atoms with Gasteiger partial charge in [-0.25, -0.2) is 0 Å². The number of halogens is 1. The van der Waals surface area contributed by atoms with E-state index in [4.69, 9.17) is 18.0 Å². The number of amides is 2. The number of anilines is 1. The van der Waals surface area contributed by atoms with Crippen molar-refractivity contribution < 1.29 is 9.59 Å². The second kappa shape index (κ2) is 6.67. The highest BCUT2D eigenvalue weighted by molar-refractivity contribution is 6.29. The summed E-state index contributed by atoms with van der Waals surface area (Å²) in [4.78, 5) is 24.4. The smallest absolute Gasteiger partial charge is 0.242 e. The SMILES string of the molecule is C#Cc1cccc(N(CC(=O)NC)C(=O)CCl)c1. The minimum atomic E-state index is -0.352. The molecular weight excluding hydrogens is 252 g/mol. The van der Waals surface area contributed by atoms with Crippen LogP contribution in [0, 0.1) is 12.3 Å². The Morgan fingerprint density at radius 3 is 2.78 bits per heavy atom. The van der Waals surface area contributed by atoms with Gasteiger partial charge in [0.25, 0.3) is 0 Å². The number of carbonyl (C=O) groups is 2. The van der Waals surface area contributed by atoms with Gasteiger partial charge in [-0.2, -0.15) is 0 Å². The van der Waals surface area contributed by atoms with E-state index in [0.717, 1.165) is 0 Å². The minimum absolute atomic E-state index is 0.0872. The molecule has 0 heterocycles. The third-order valence-electron chi connectivity index (χ3n) is 2.32. The summed E-state index contributed by atoms with van der Waals surface area (Å²) in [6.07, 6.45) is 5.30. The van der Waals surface area contributed by atoms with Gasteiger partial charge >= 0.3 is 0 Å². The van der Waals surface area contributed by atoms with Crippen molar-refractivity contribution in [2.24, 2.45) is 0 Å². The second-order valence-corrected chi connectivity index (χ2v) is 3.75. The highest BCUT2D eigenvalue weighted by Crippen LogP contribution is 2.16. The number of nitrogens with zero attached hydrogens (tertiary/aromatic N) is 1. The molecule has 0 aliphatic rings. The fourth-order valence-corrected chi connectivity index (χ4v) is 1.53. The number of alkyl halides is 1. The molecule has 4 nitrogen and oxygen atoms in total. The third-order valence-corrected chi connectivity index (χ3v) is 2.55. The Hall–Kier alpha value is -1.99. The van der Waals surface area contributed by atoms with Gasteiger partial charge in [0, 0.05) is 18.3 Å². The zero-order valence-electron chi connectivity index (χ0n) is 9.94. The standard InChI is InChI=1S/C13H13ClN2O2/c1-3-10-5-4-6-11(7-10)16(13(18)8-14)9-12(17)15-2/h1,4-7H,8-9H2,2H3,(H,15,17). The lowest BCUT2D eigenvalue weighted by molar-refractivity contribution is -0.122. The molecule has 1 aromatic carbocycles. The van der Waals surface area contributed by atoms with Crippen LogP contribution >= 0.6 is 11.6 Å². The maximum absolute atomic E-state index is 11.7. The summed E-state index contributed by atoms with van der Waals surface area (Å²) < 4.78 is 0. The lowest BCUT2D eigenvalue weighted by Crippen LogP contribution is -2.40. The van der Waals surface area contributed by atoms with Crippen LogP contribution in [0.1, 0.15) is 5.56 Å². The number of benzene rings is 1. The minimum Gasteiger partial charge on any atom is -0.358 e.